The molecule has 2 aromatic carbocycles. The average molecular weight is 608 g/mol. The Morgan fingerprint density at radius 2 is 1.67 bits per heavy atom. The second-order valence-corrected chi connectivity index (χ2v) is 10.9. The van der Waals surface area contributed by atoms with E-state index in [9.17, 15) is 22.8 Å². The number of benzene rings is 2. The van der Waals surface area contributed by atoms with Crippen molar-refractivity contribution < 1.29 is 37.0 Å². The first-order valence-electron chi connectivity index (χ1n) is 13.3. The first-order valence-corrected chi connectivity index (χ1v) is 14.1. The molecule has 0 atom stereocenters. The number of thiophene rings is 1. The number of halogens is 3. The minimum absolute atomic E-state index is 0.112. The molecule has 0 radical (unpaired) electrons. The van der Waals surface area contributed by atoms with E-state index in [1.165, 1.54) is 30.2 Å². The zero-order chi connectivity index (χ0) is 30.7. The fourth-order valence-electron chi connectivity index (χ4n) is 4.30. The molecule has 0 aliphatic rings. The van der Waals surface area contributed by atoms with E-state index >= 15 is 0 Å². The maximum atomic E-state index is 13.7. The third kappa shape index (κ3) is 9.38. The molecule has 3 rings (SSSR count). The molecule has 3 aromatic rings. The van der Waals surface area contributed by atoms with Gasteiger partial charge in [0.15, 0.2) is 11.5 Å². The fourth-order valence-corrected chi connectivity index (χ4v) is 5.21. The van der Waals surface area contributed by atoms with Gasteiger partial charge in [-0.2, -0.15) is 13.2 Å². The number of carbonyl (C=O) groups excluding carboxylic acids is 2. The zero-order valence-electron chi connectivity index (χ0n) is 24.1. The van der Waals surface area contributed by atoms with E-state index < -0.39 is 17.8 Å². The molecule has 1 heterocycles. The number of ether oxygens (including phenoxy) is 3. The maximum absolute atomic E-state index is 13.7. The van der Waals surface area contributed by atoms with Crippen molar-refractivity contribution in [3.63, 3.8) is 0 Å². The van der Waals surface area contributed by atoms with E-state index in [1.54, 1.807) is 36.5 Å². The molecular weight excluding hydrogens is 571 g/mol. The van der Waals surface area contributed by atoms with E-state index in [0.717, 1.165) is 21.4 Å². The second kappa shape index (κ2) is 15.5. The summed E-state index contributed by atoms with van der Waals surface area (Å²) >= 11 is 1.57. The number of methoxy groups -OCH3 is 3. The van der Waals surface area contributed by atoms with Crippen LogP contribution in [0.15, 0.2) is 54.6 Å². The molecule has 0 bridgehead atoms. The number of aryl methyl sites for hydroxylation is 1. The van der Waals surface area contributed by atoms with Gasteiger partial charge in [-0.15, -0.1) is 11.3 Å². The topological polar surface area (TPSA) is 80.3 Å². The highest BCUT2D eigenvalue weighted by Gasteiger charge is 2.34. The minimum Gasteiger partial charge on any atom is -0.493 e. The lowest BCUT2D eigenvalue weighted by Gasteiger charge is -2.28. The second-order valence-electron chi connectivity index (χ2n) is 9.51. The average Bonchev–Trinajstić information content (AvgIpc) is 3.38. The van der Waals surface area contributed by atoms with Crippen molar-refractivity contribution in [3.05, 3.63) is 75.5 Å². The maximum Gasteiger partial charge on any atom is 0.418 e. The van der Waals surface area contributed by atoms with Gasteiger partial charge in [0.25, 0.3) is 0 Å². The van der Waals surface area contributed by atoms with Crippen molar-refractivity contribution in [1.29, 1.82) is 0 Å². The Labute approximate surface area is 248 Å². The van der Waals surface area contributed by atoms with Crippen molar-refractivity contribution >= 4 is 29.0 Å². The number of urea groups is 1. The third-order valence-corrected chi connectivity index (χ3v) is 7.46. The van der Waals surface area contributed by atoms with Crippen molar-refractivity contribution in [1.82, 2.24) is 9.80 Å². The summed E-state index contributed by atoms with van der Waals surface area (Å²) in [4.78, 5) is 31.9. The minimum atomic E-state index is -4.65. The molecule has 0 spiro atoms. The van der Waals surface area contributed by atoms with Gasteiger partial charge in [0.1, 0.15) is 6.54 Å². The molecule has 8 nitrogen and oxygen atoms in total. The quantitative estimate of drug-likeness (QED) is 0.220. The third-order valence-electron chi connectivity index (χ3n) is 6.48. The van der Waals surface area contributed by atoms with E-state index in [1.807, 2.05) is 31.2 Å². The van der Waals surface area contributed by atoms with Crippen molar-refractivity contribution in [2.45, 2.75) is 32.5 Å². The molecule has 228 valence electrons. The van der Waals surface area contributed by atoms with Gasteiger partial charge < -0.3 is 29.3 Å². The molecule has 0 aliphatic heterocycles. The fraction of sp³-hybridized carbons (Fsp3) is 0.400. The molecule has 1 aromatic heterocycles. The van der Waals surface area contributed by atoms with E-state index in [0.29, 0.717) is 44.0 Å². The number of nitrogens with one attached hydrogen (secondary N) is 1. The van der Waals surface area contributed by atoms with Crippen LogP contribution in [0.1, 0.15) is 27.3 Å². The number of hydrogen-bond acceptors (Lipinski definition) is 6. The highest BCUT2D eigenvalue weighted by molar-refractivity contribution is 7.11. The van der Waals surface area contributed by atoms with Crippen LogP contribution in [-0.4, -0.2) is 69.3 Å². The summed E-state index contributed by atoms with van der Waals surface area (Å²) in [6, 6.07) is 13.4. The Morgan fingerprint density at radius 1 is 0.929 bits per heavy atom. The lowest BCUT2D eigenvalue weighted by molar-refractivity contribution is -0.137. The molecule has 42 heavy (non-hydrogen) atoms. The zero-order valence-corrected chi connectivity index (χ0v) is 24.9. The number of carbonyl (C=O) groups is 2. The van der Waals surface area contributed by atoms with E-state index in [2.05, 4.69) is 5.32 Å². The predicted octanol–water partition coefficient (Wildman–Crippen LogP) is 6.23. The Hall–Kier alpha value is -3.77. The van der Waals surface area contributed by atoms with Gasteiger partial charge in [-0.3, -0.25) is 4.79 Å². The first-order chi connectivity index (χ1) is 20.0. The van der Waals surface area contributed by atoms with Gasteiger partial charge in [-0.1, -0.05) is 18.2 Å². The molecule has 0 unspecified atom stereocenters. The molecule has 0 saturated heterocycles. The van der Waals surface area contributed by atoms with Gasteiger partial charge in [-0.05, 0) is 61.7 Å². The van der Waals surface area contributed by atoms with Crippen LogP contribution in [0.3, 0.4) is 0 Å². The standard InChI is InChI=1S/C30H36F3N3O5S/c1-21-10-12-23(42-21)19-35(16-14-22-11-13-26(40-3)27(18-22)41-4)28(37)20-36(15-7-17-39-2)29(38)34-25-9-6-5-8-24(25)30(31,32)33/h5-6,8-13,18H,7,14-17,19-20H2,1-4H3,(H,34,38). The summed E-state index contributed by atoms with van der Waals surface area (Å²) in [7, 11) is 4.61. The molecule has 0 fully saturated rings. The highest BCUT2D eigenvalue weighted by Crippen LogP contribution is 2.34. The number of amides is 3. The summed E-state index contributed by atoms with van der Waals surface area (Å²) in [5.41, 5.74) is -0.420. The first kappa shape index (κ1) is 32.7. The monoisotopic (exact) mass is 607 g/mol. The summed E-state index contributed by atoms with van der Waals surface area (Å²) < 4.78 is 56.4. The molecule has 0 aliphatic carbocycles. The summed E-state index contributed by atoms with van der Waals surface area (Å²) in [5.74, 6) is 0.827. The SMILES string of the molecule is COCCCN(CC(=O)N(CCc1ccc(OC)c(OC)c1)Cc1ccc(C)s1)C(=O)Nc1ccccc1C(F)(F)F. The molecule has 3 amide bonds. The Balaban J connectivity index is 1.81. The van der Waals surface area contributed by atoms with Crippen LogP contribution in [0.4, 0.5) is 23.7 Å². The number of rotatable bonds is 14. The van der Waals surface area contributed by atoms with Gasteiger partial charge in [0.2, 0.25) is 5.91 Å². The van der Waals surface area contributed by atoms with Crippen LogP contribution < -0.4 is 14.8 Å². The number of alkyl halides is 3. The highest BCUT2D eigenvalue weighted by atomic mass is 32.1. The molecule has 1 N–H and O–H groups in total. The lowest BCUT2D eigenvalue weighted by atomic mass is 10.1. The Bertz CT molecular complexity index is 1330. The largest absolute Gasteiger partial charge is 0.493 e. The smallest absolute Gasteiger partial charge is 0.418 e. The molecular formula is C30H36F3N3O5S. The number of hydrogen-bond donors (Lipinski definition) is 1. The van der Waals surface area contributed by atoms with Crippen molar-refractivity contribution in [2.24, 2.45) is 0 Å². The van der Waals surface area contributed by atoms with Gasteiger partial charge in [-0.25, -0.2) is 4.79 Å². The van der Waals surface area contributed by atoms with Crippen molar-refractivity contribution in [2.75, 3.05) is 52.9 Å². The van der Waals surface area contributed by atoms with Gasteiger partial charge in [0.05, 0.1) is 32.0 Å². The van der Waals surface area contributed by atoms with Gasteiger partial charge in [0, 0.05) is 36.6 Å². The number of anilines is 1. The van der Waals surface area contributed by atoms with E-state index in [4.69, 9.17) is 14.2 Å². The summed E-state index contributed by atoms with van der Waals surface area (Å²) in [5, 5.41) is 2.35. The predicted molar refractivity (Wildman–Crippen MR) is 156 cm³/mol. The normalized spacial score (nSPS) is 11.2. The Morgan fingerprint density at radius 3 is 2.31 bits per heavy atom. The molecule has 0 saturated carbocycles. The van der Waals surface area contributed by atoms with Crippen LogP contribution in [0.25, 0.3) is 0 Å². The number of para-hydroxylation sites is 1. The van der Waals surface area contributed by atoms with Crippen molar-refractivity contribution in [3.8, 4) is 11.5 Å². The van der Waals surface area contributed by atoms with Crippen LogP contribution in [0.5, 0.6) is 11.5 Å². The number of nitrogens with zero attached hydrogens (tertiary/aromatic N) is 2. The lowest BCUT2D eigenvalue weighted by Crippen LogP contribution is -2.45. The van der Waals surface area contributed by atoms with Crippen LogP contribution in [-0.2, 0) is 28.7 Å². The van der Waals surface area contributed by atoms with Gasteiger partial charge >= 0.3 is 12.2 Å². The summed E-state index contributed by atoms with van der Waals surface area (Å²) in [6.07, 6.45) is -3.75. The van der Waals surface area contributed by atoms with Crippen LogP contribution in [0, 0.1) is 6.92 Å². The summed E-state index contributed by atoms with van der Waals surface area (Å²) in [6.45, 7) is 2.76. The van der Waals surface area contributed by atoms with Crippen LogP contribution >= 0.6 is 11.3 Å². The Kier molecular flexibility index (Phi) is 12.0. The van der Waals surface area contributed by atoms with E-state index in [-0.39, 0.29) is 24.7 Å². The van der Waals surface area contributed by atoms with Crippen LogP contribution in [0.2, 0.25) is 0 Å². The molecule has 12 heteroatoms.